The molecule has 2 amide bonds. The summed E-state index contributed by atoms with van der Waals surface area (Å²) in [7, 11) is 0. The minimum absolute atomic E-state index is 0.0854. The molecule has 2 aromatic rings. The van der Waals surface area contributed by atoms with Crippen LogP contribution in [0.1, 0.15) is 33.3 Å². The first kappa shape index (κ1) is 19.1. The molecule has 0 saturated carbocycles. The van der Waals surface area contributed by atoms with Crippen molar-refractivity contribution in [2.75, 3.05) is 13.2 Å². The van der Waals surface area contributed by atoms with Crippen molar-refractivity contribution in [1.29, 1.82) is 0 Å². The Morgan fingerprint density at radius 2 is 2.00 bits per heavy atom. The van der Waals surface area contributed by atoms with E-state index in [-0.39, 0.29) is 29.9 Å². The van der Waals surface area contributed by atoms with Gasteiger partial charge in [0.2, 0.25) is 5.43 Å². The van der Waals surface area contributed by atoms with Crippen molar-refractivity contribution in [1.82, 2.24) is 14.8 Å². The van der Waals surface area contributed by atoms with E-state index in [1.54, 1.807) is 4.90 Å². The number of nitrogens with one attached hydrogen (secondary N) is 1. The summed E-state index contributed by atoms with van der Waals surface area (Å²) in [5.74, 6) is -2.27. The van der Waals surface area contributed by atoms with Gasteiger partial charge >= 0.3 is 0 Å². The maximum absolute atomic E-state index is 13.0. The predicted octanol–water partition coefficient (Wildman–Crippen LogP) is 0.866. The standard InChI is InChI=1S/C20H20FN3O5/c1-11-7-24-14(10-29-11)8-23-9-15(17(25)18(26)16(23)20(24)28)19(27)22-6-12-2-4-13(21)5-3-12/h2-5,9,11,14,26H,6-8,10H2,1H3,(H,22,27)/t11-,14-/m0/s1. The van der Waals surface area contributed by atoms with Crippen LogP contribution in [0.2, 0.25) is 0 Å². The van der Waals surface area contributed by atoms with Gasteiger partial charge in [0.15, 0.2) is 11.4 Å². The summed E-state index contributed by atoms with van der Waals surface area (Å²) in [5.41, 5.74) is -0.627. The highest BCUT2D eigenvalue weighted by Crippen LogP contribution is 2.26. The molecule has 9 heteroatoms. The molecule has 0 radical (unpaired) electrons. The highest BCUT2D eigenvalue weighted by Gasteiger charge is 2.39. The number of aromatic hydroxyl groups is 1. The minimum atomic E-state index is -0.902. The lowest BCUT2D eigenvalue weighted by Crippen LogP contribution is -2.57. The number of halogens is 1. The fraction of sp³-hybridized carbons (Fsp3) is 0.350. The molecule has 1 saturated heterocycles. The average Bonchev–Trinajstić information content (AvgIpc) is 2.70. The number of aromatic nitrogens is 1. The Balaban J connectivity index is 1.61. The molecule has 152 valence electrons. The molecule has 4 rings (SSSR count). The molecule has 2 aliphatic rings. The van der Waals surface area contributed by atoms with Gasteiger partial charge < -0.3 is 24.6 Å². The van der Waals surface area contributed by atoms with Crippen LogP contribution in [0.5, 0.6) is 5.75 Å². The Morgan fingerprint density at radius 3 is 2.72 bits per heavy atom. The Morgan fingerprint density at radius 1 is 1.28 bits per heavy atom. The quantitative estimate of drug-likeness (QED) is 0.795. The van der Waals surface area contributed by atoms with Gasteiger partial charge in [-0.25, -0.2) is 4.39 Å². The Bertz CT molecular complexity index is 1030. The van der Waals surface area contributed by atoms with Crippen LogP contribution in [0.4, 0.5) is 4.39 Å². The van der Waals surface area contributed by atoms with E-state index in [1.165, 1.54) is 35.0 Å². The molecular weight excluding hydrogens is 381 g/mol. The van der Waals surface area contributed by atoms with Crippen LogP contribution in [-0.4, -0.2) is 51.7 Å². The monoisotopic (exact) mass is 401 g/mol. The van der Waals surface area contributed by atoms with Crippen molar-refractivity contribution in [3.05, 3.63) is 63.3 Å². The van der Waals surface area contributed by atoms with Crippen LogP contribution in [-0.2, 0) is 17.8 Å². The first-order chi connectivity index (χ1) is 13.8. The molecule has 8 nitrogen and oxygen atoms in total. The number of carbonyl (C=O) groups excluding carboxylic acids is 2. The molecule has 0 unspecified atom stereocenters. The second kappa shape index (κ2) is 7.32. The molecular formula is C20H20FN3O5. The summed E-state index contributed by atoms with van der Waals surface area (Å²) in [6, 6.07) is 5.34. The van der Waals surface area contributed by atoms with E-state index in [4.69, 9.17) is 4.74 Å². The van der Waals surface area contributed by atoms with Crippen molar-refractivity contribution in [2.45, 2.75) is 32.2 Å². The first-order valence-corrected chi connectivity index (χ1v) is 9.26. The van der Waals surface area contributed by atoms with Gasteiger partial charge in [-0.2, -0.15) is 0 Å². The number of benzene rings is 1. The Labute approximate surface area is 165 Å². The van der Waals surface area contributed by atoms with E-state index in [0.29, 0.717) is 25.3 Å². The van der Waals surface area contributed by atoms with Gasteiger partial charge in [-0.05, 0) is 24.6 Å². The molecule has 2 N–H and O–H groups in total. The highest BCUT2D eigenvalue weighted by atomic mass is 19.1. The van der Waals surface area contributed by atoms with Gasteiger partial charge in [-0.1, -0.05) is 12.1 Å². The number of nitrogens with zero attached hydrogens (tertiary/aromatic N) is 2. The molecule has 0 aliphatic carbocycles. The van der Waals surface area contributed by atoms with Crippen LogP contribution in [0.25, 0.3) is 0 Å². The van der Waals surface area contributed by atoms with Crippen molar-refractivity contribution >= 4 is 11.8 Å². The smallest absolute Gasteiger partial charge is 0.274 e. The van der Waals surface area contributed by atoms with Crippen LogP contribution in [0.3, 0.4) is 0 Å². The molecule has 29 heavy (non-hydrogen) atoms. The first-order valence-electron chi connectivity index (χ1n) is 9.26. The van der Waals surface area contributed by atoms with Gasteiger partial charge in [0.1, 0.15) is 11.4 Å². The molecule has 3 heterocycles. The SMILES string of the molecule is C[C@H]1CN2C(=O)c3c(O)c(=O)c(C(=O)NCc4ccc(F)cc4)cn3C[C@H]2CO1. The largest absolute Gasteiger partial charge is 0.503 e. The topological polar surface area (TPSA) is 101 Å². The molecule has 0 spiro atoms. The Hall–Kier alpha value is -3.20. The van der Waals surface area contributed by atoms with Crippen molar-refractivity contribution in [3.8, 4) is 5.75 Å². The minimum Gasteiger partial charge on any atom is -0.503 e. The molecule has 1 fully saturated rings. The normalized spacial score (nSPS) is 20.8. The van der Waals surface area contributed by atoms with E-state index in [2.05, 4.69) is 5.32 Å². The van der Waals surface area contributed by atoms with Gasteiger partial charge in [-0.3, -0.25) is 14.4 Å². The predicted molar refractivity (Wildman–Crippen MR) is 100 cm³/mol. The average molecular weight is 401 g/mol. The molecule has 1 aromatic carbocycles. The lowest BCUT2D eigenvalue weighted by Gasteiger charge is -2.42. The van der Waals surface area contributed by atoms with Crippen LogP contribution < -0.4 is 10.7 Å². The number of morpholine rings is 1. The van der Waals surface area contributed by atoms with Crippen molar-refractivity contribution in [3.63, 3.8) is 0 Å². The Kier molecular flexibility index (Phi) is 4.83. The third-order valence-corrected chi connectivity index (χ3v) is 5.21. The number of hydrogen-bond donors (Lipinski definition) is 2. The van der Waals surface area contributed by atoms with Crippen LogP contribution in [0.15, 0.2) is 35.3 Å². The van der Waals surface area contributed by atoms with Crippen LogP contribution >= 0.6 is 0 Å². The van der Waals surface area contributed by atoms with E-state index in [9.17, 15) is 23.9 Å². The number of hydrogen-bond acceptors (Lipinski definition) is 5. The lowest BCUT2D eigenvalue weighted by atomic mass is 10.1. The number of amides is 2. The summed E-state index contributed by atoms with van der Waals surface area (Å²) in [6.45, 7) is 2.95. The molecule has 2 aliphatic heterocycles. The van der Waals surface area contributed by atoms with Gasteiger partial charge in [0.05, 0.1) is 18.8 Å². The van der Waals surface area contributed by atoms with Crippen molar-refractivity contribution in [2.24, 2.45) is 0 Å². The third-order valence-electron chi connectivity index (χ3n) is 5.21. The van der Waals surface area contributed by atoms with Gasteiger partial charge in [0, 0.05) is 25.8 Å². The summed E-state index contributed by atoms with van der Waals surface area (Å²) < 4.78 is 20.0. The molecule has 0 bridgehead atoms. The van der Waals surface area contributed by atoms with Crippen molar-refractivity contribution < 1.29 is 23.8 Å². The zero-order valence-electron chi connectivity index (χ0n) is 15.7. The lowest BCUT2D eigenvalue weighted by molar-refractivity contribution is -0.0531. The number of fused-ring (bicyclic) bond motifs is 2. The third kappa shape index (κ3) is 3.49. The maximum Gasteiger partial charge on any atom is 0.274 e. The highest BCUT2D eigenvalue weighted by molar-refractivity contribution is 5.99. The zero-order valence-corrected chi connectivity index (χ0v) is 15.7. The molecule has 1 aromatic heterocycles. The zero-order chi connectivity index (χ0) is 20.7. The number of rotatable bonds is 3. The molecule has 2 atom stereocenters. The number of pyridine rings is 1. The maximum atomic E-state index is 13.0. The van der Waals surface area contributed by atoms with E-state index in [0.717, 1.165) is 0 Å². The number of ether oxygens (including phenoxy) is 1. The summed E-state index contributed by atoms with van der Waals surface area (Å²) in [5, 5.41) is 13.0. The van der Waals surface area contributed by atoms with Gasteiger partial charge in [-0.15, -0.1) is 0 Å². The summed E-state index contributed by atoms with van der Waals surface area (Å²) >= 11 is 0. The van der Waals surface area contributed by atoms with Crippen LogP contribution in [0, 0.1) is 5.82 Å². The summed E-state index contributed by atoms with van der Waals surface area (Å²) in [6.07, 6.45) is 1.16. The van der Waals surface area contributed by atoms with E-state index < -0.39 is 28.8 Å². The van der Waals surface area contributed by atoms with E-state index in [1.807, 2.05) is 6.92 Å². The van der Waals surface area contributed by atoms with Gasteiger partial charge in [0.25, 0.3) is 11.8 Å². The summed E-state index contributed by atoms with van der Waals surface area (Å²) in [4.78, 5) is 39.5. The fourth-order valence-electron chi connectivity index (χ4n) is 3.67. The second-order valence-electron chi connectivity index (χ2n) is 7.29. The fourth-order valence-corrected chi connectivity index (χ4v) is 3.67. The van der Waals surface area contributed by atoms with E-state index >= 15 is 0 Å². The second-order valence-corrected chi connectivity index (χ2v) is 7.29. The number of carbonyl (C=O) groups is 2.